The summed E-state index contributed by atoms with van der Waals surface area (Å²) in [6.07, 6.45) is 14.6. The van der Waals surface area contributed by atoms with Gasteiger partial charge in [0.05, 0.1) is 11.7 Å². The molecule has 9 atom stereocenters. The number of likely N-dealkylation sites (N-methyl/N-ethyl adjacent to an activating group) is 1. The van der Waals surface area contributed by atoms with Crippen LogP contribution in [0.4, 0.5) is 0 Å². The number of nitrogens with one attached hydrogen (secondary N) is 1. The summed E-state index contributed by atoms with van der Waals surface area (Å²) < 4.78 is 5.48. The molecule has 1 aromatic carbocycles. The zero-order chi connectivity index (χ0) is 37.3. The van der Waals surface area contributed by atoms with Crippen molar-refractivity contribution >= 4 is 11.5 Å². The second-order valence-electron chi connectivity index (χ2n) is 20.4. The molecular formula is C47H73N3O2. The molecular weight excluding hydrogens is 639 g/mol. The van der Waals surface area contributed by atoms with E-state index in [9.17, 15) is 4.79 Å². The van der Waals surface area contributed by atoms with Gasteiger partial charge in [0, 0.05) is 45.8 Å². The van der Waals surface area contributed by atoms with Crippen LogP contribution in [-0.2, 0) is 4.74 Å². The van der Waals surface area contributed by atoms with Crippen LogP contribution in [0, 0.1) is 56.7 Å². The van der Waals surface area contributed by atoms with E-state index in [2.05, 4.69) is 88.5 Å². The Morgan fingerprint density at radius 1 is 0.904 bits per heavy atom. The Morgan fingerprint density at radius 3 is 2.29 bits per heavy atom. The molecule has 5 fully saturated rings. The van der Waals surface area contributed by atoms with Crippen molar-refractivity contribution in [3.05, 3.63) is 53.6 Å². The maximum absolute atomic E-state index is 12.6. The Bertz CT molecular complexity index is 1520. The summed E-state index contributed by atoms with van der Waals surface area (Å²) >= 11 is 0. The molecule has 5 heteroatoms. The molecule has 1 N–H and O–H groups in total. The number of carbonyl (C=O) groups is 1. The van der Waals surface area contributed by atoms with Crippen molar-refractivity contribution in [3.63, 3.8) is 0 Å². The van der Waals surface area contributed by atoms with Crippen LogP contribution in [0.15, 0.2) is 42.5 Å². The second-order valence-corrected chi connectivity index (χ2v) is 20.4. The summed E-state index contributed by atoms with van der Waals surface area (Å²) in [5.74, 6) is 3.38. The topological polar surface area (TPSA) is 44.8 Å². The molecule has 1 saturated heterocycles. The first-order chi connectivity index (χ1) is 24.6. The molecule has 6 aliphatic rings. The van der Waals surface area contributed by atoms with Crippen molar-refractivity contribution in [3.8, 4) is 0 Å². The number of fused-ring (bicyclic) bond motifs is 7. The predicted molar refractivity (Wildman–Crippen MR) is 216 cm³/mol. The van der Waals surface area contributed by atoms with Gasteiger partial charge < -0.3 is 15.0 Å². The summed E-state index contributed by atoms with van der Waals surface area (Å²) in [4.78, 5) is 17.7. The lowest BCUT2D eigenvalue weighted by Gasteiger charge is -2.72. The number of esters is 1. The average Bonchev–Trinajstić information content (AvgIpc) is 3.47. The molecule has 0 bridgehead atoms. The lowest BCUT2D eigenvalue weighted by Crippen LogP contribution is -2.66. The van der Waals surface area contributed by atoms with E-state index < -0.39 is 0 Å². The number of benzene rings is 1. The molecule has 0 spiro atoms. The molecule has 4 saturated carbocycles. The Balaban J connectivity index is 1.11. The lowest BCUT2D eigenvalue weighted by molar-refractivity contribution is -0.225. The Morgan fingerprint density at radius 2 is 1.62 bits per heavy atom. The predicted octanol–water partition coefficient (Wildman–Crippen LogP) is 9.74. The molecule has 1 heterocycles. The SMILES string of the molecule is C=C(C)C1CCC2(CNCCN3CCN(C)CC3)CCC3(C)C(CCC4C5(C)CC=C(c6ccc(C(=O)OC(C)C)cc6)C(C)(C)C5CCC43C)C12. The third-order valence-electron chi connectivity index (χ3n) is 17.3. The summed E-state index contributed by atoms with van der Waals surface area (Å²) in [6, 6.07) is 8.28. The second kappa shape index (κ2) is 14.0. The fraction of sp³-hybridized carbons (Fsp3) is 0.766. The molecule has 0 aromatic heterocycles. The van der Waals surface area contributed by atoms with Crippen LogP contribution in [0.25, 0.3) is 5.57 Å². The first-order valence-electron chi connectivity index (χ1n) is 21.3. The molecule has 0 amide bonds. The van der Waals surface area contributed by atoms with Gasteiger partial charge in [0.25, 0.3) is 0 Å². The van der Waals surface area contributed by atoms with Crippen LogP contribution >= 0.6 is 0 Å². The maximum atomic E-state index is 12.6. The highest BCUT2D eigenvalue weighted by Crippen LogP contribution is 2.77. The molecule has 7 rings (SSSR count). The van der Waals surface area contributed by atoms with Crippen molar-refractivity contribution < 1.29 is 9.53 Å². The van der Waals surface area contributed by atoms with Crippen LogP contribution in [0.3, 0.4) is 0 Å². The Kier molecular flexibility index (Phi) is 10.3. The molecule has 52 heavy (non-hydrogen) atoms. The third-order valence-corrected chi connectivity index (χ3v) is 17.3. The monoisotopic (exact) mass is 712 g/mol. The number of nitrogens with zero attached hydrogens (tertiary/aromatic N) is 2. The molecule has 5 nitrogen and oxygen atoms in total. The van der Waals surface area contributed by atoms with Crippen molar-refractivity contribution in [1.82, 2.24) is 15.1 Å². The smallest absolute Gasteiger partial charge is 0.338 e. The summed E-state index contributed by atoms with van der Waals surface area (Å²) in [5.41, 5.74) is 6.33. The minimum absolute atomic E-state index is 0.0695. The highest BCUT2D eigenvalue weighted by molar-refractivity contribution is 5.90. The highest BCUT2D eigenvalue weighted by Gasteiger charge is 2.70. The van der Waals surface area contributed by atoms with Crippen LogP contribution in [0.2, 0.25) is 0 Å². The third kappa shape index (κ3) is 6.19. The number of rotatable bonds is 9. The van der Waals surface area contributed by atoms with Crippen LogP contribution in [0.1, 0.15) is 129 Å². The van der Waals surface area contributed by atoms with Crippen LogP contribution in [0.5, 0.6) is 0 Å². The summed E-state index contributed by atoms with van der Waals surface area (Å²) in [5, 5.41) is 4.08. The molecule has 288 valence electrons. The normalized spacial score (nSPS) is 40.3. The fourth-order valence-electron chi connectivity index (χ4n) is 14.4. The zero-order valence-corrected chi connectivity index (χ0v) is 34.6. The number of piperazine rings is 1. The first kappa shape index (κ1) is 38.3. The zero-order valence-electron chi connectivity index (χ0n) is 34.6. The fourth-order valence-corrected chi connectivity index (χ4v) is 14.4. The van der Waals surface area contributed by atoms with Gasteiger partial charge in [0.1, 0.15) is 0 Å². The van der Waals surface area contributed by atoms with Gasteiger partial charge in [-0.05, 0) is 166 Å². The summed E-state index contributed by atoms with van der Waals surface area (Å²) in [6.45, 7) is 32.5. The van der Waals surface area contributed by atoms with Crippen molar-refractivity contribution in [2.75, 3.05) is 52.9 Å². The van der Waals surface area contributed by atoms with E-state index in [1.54, 1.807) is 0 Å². The van der Waals surface area contributed by atoms with Gasteiger partial charge in [-0.3, -0.25) is 4.90 Å². The van der Waals surface area contributed by atoms with Gasteiger partial charge in [-0.15, -0.1) is 0 Å². The molecule has 1 aliphatic heterocycles. The van der Waals surface area contributed by atoms with E-state index in [0.29, 0.717) is 33.6 Å². The minimum Gasteiger partial charge on any atom is -0.459 e. The van der Waals surface area contributed by atoms with Crippen molar-refractivity contribution in [1.29, 1.82) is 0 Å². The van der Waals surface area contributed by atoms with Gasteiger partial charge in [-0.2, -0.15) is 0 Å². The van der Waals surface area contributed by atoms with E-state index >= 15 is 0 Å². The van der Waals surface area contributed by atoms with Gasteiger partial charge in [0.15, 0.2) is 0 Å². The summed E-state index contributed by atoms with van der Waals surface area (Å²) in [7, 11) is 2.25. The molecule has 9 unspecified atom stereocenters. The van der Waals surface area contributed by atoms with Gasteiger partial charge in [-0.25, -0.2) is 4.79 Å². The molecule has 0 radical (unpaired) electrons. The van der Waals surface area contributed by atoms with Crippen molar-refractivity contribution in [2.24, 2.45) is 56.7 Å². The number of hydrogen-bond acceptors (Lipinski definition) is 5. The molecule has 1 aromatic rings. The number of ether oxygens (including phenoxy) is 1. The number of allylic oxidation sites excluding steroid dienone is 3. The quantitative estimate of drug-likeness (QED) is 0.157. The van der Waals surface area contributed by atoms with Crippen LogP contribution < -0.4 is 5.32 Å². The molecule has 5 aliphatic carbocycles. The standard InChI is InChI=1S/C47H73N3O2/c1-32(2)36-17-22-47(31-48-25-26-50-29-27-49(10)28-30-50)24-23-45(8)38(41(36)47)15-16-40-44(7)20-18-37(43(5,6)39(44)19-21-46(40,45)9)34-11-13-35(14-12-34)42(51)52-33(3)4/h11-14,18,33,36,38-41,48H,1,15-17,19-31H2,2-10H3. The lowest BCUT2D eigenvalue weighted by atomic mass is 9.32. The van der Waals surface area contributed by atoms with E-state index in [1.165, 1.54) is 107 Å². The largest absolute Gasteiger partial charge is 0.459 e. The van der Waals surface area contributed by atoms with E-state index in [0.717, 1.165) is 30.7 Å². The highest BCUT2D eigenvalue weighted by atomic mass is 16.5. The minimum atomic E-state index is -0.230. The van der Waals surface area contributed by atoms with Crippen LogP contribution in [-0.4, -0.2) is 74.7 Å². The number of carbonyl (C=O) groups excluding carboxylic acids is 1. The van der Waals surface area contributed by atoms with E-state index in [4.69, 9.17) is 4.74 Å². The van der Waals surface area contributed by atoms with Crippen molar-refractivity contribution in [2.45, 2.75) is 119 Å². The van der Waals surface area contributed by atoms with E-state index in [1.807, 2.05) is 26.0 Å². The Hall–Kier alpha value is -1.95. The Labute approximate surface area is 317 Å². The van der Waals surface area contributed by atoms with E-state index in [-0.39, 0.29) is 22.9 Å². The average molecular weight is 712 g/mol. The number of hydrogen-bond donors (Lipinski definition) is 1. The first-order valence-corrected chi connectivity index (χ1v) is 21.3. The van der Waals surface area contributed by atoms with Gasteiger partial charge in [-0.1, -0.05) is 65.0 Å². The van der Waals surface area contributed by atoms with Gasteiger partial charge >= 0.3 is 5.97 Å². The maximum Gasteiger partial charge on any atom is 0.338 e. The van der Waals surface area contributed by atoms with Gasteiger partial charge in [0.2, 0.25) is 0 Å².